The molecule has 0 aromatic carbocycles. The molecule has 3 nitrogen and oxygen atoms in total. The van der Waals surface area contributed by atoms with Gasteiger partial charge in [-0.05, 0) is 25.7 Å². The van der Waals surface area contributed by atoms with E-state index in [4.69, 9.17) is 0 Å². The van der Waals surface area contributed by atoms with Gasteiger partial charge in [-0.3, -0.25) is 0 Å². The van der Waals surface area contributed by atoms with E-state index in [-0.39, 0.29) is 12.2 Å². The largest absolute Gasteiger partial charge is 0.393 e. The second-order valence-corrected chi connectivity index (χ2v) is 4.64. The molecule has 0 spiro atoms. The number of likely N-dealkylation sites (tertiary alicyclic amines) is 1. The van der Waals surface area contributed by atoms with Crippen LogP contribution in [0.2, 0.25) is 0 Å². The fraction of sp³-hybridized carbons (Fsp3) is 1.00. The second-order valence-electron chi connectivity index (χ2n) is 4.64. The molecule has 1 aliphatic heterocycles. The monoisotopic (exact) mass is 185 g/mol. The minimum Gasteiger partial charge on any atom is -0.393 e. The number of hydrogen-bond acceptors (Lipinski definition) is 3. The lowest BCUT2D eigenvalue weighted by molar-refractivity contribution is 0.107. The highest BCUT2D eigenvalue weighted by atomic mass is 16.3. The summed E-state index contributed by atoms with van der Waals surface area (Å²) >= 11 is 0. The quantitative estimate of drug-likeness (QED) is 0.640. The van der Waals surface area contributed by atoms with Crippen LogP contribution in [0.1, 0.15) is 19.8 Å². The minimum atomic E-state index is -0.240. The maximum absolute atomic E-state index is 9.66. The molecule has 0 aromatic rings. The van der Waals surface area contributed by atoms with E-state index in [1.807, 2.05) is 6.92 Å². The van der Waals surface area contributed by atoms with E-state index in [9.17, 15) is 10.2 Å². The molecule has 1 saturated heterocycles. The molecule has 0 radical (unpaired) electrons. The lowest BCUT2D eigenvalue weighted by Gasteiger charge is -2.19. The Balaban J connectivity index is 1.87. The summed E-state index contributed by atoms with van der Waals surface area (Å²) in [6.07, 6.45) is 1.83. The summed E-state index contributed by atoms with van der Waals surface area (Å²) in [5.74, 6) is 1.17. The smallest absolute Gasteiger partial charge is 0.0639 e. The van der Waals surface area contributed by atoms with Crippen LogP contribution in [0.5, 0.6) is 0 Å². The third-order valence-corrected chi connectivity index (χ3v) is 3.42. The van der Waals surface area contributed by atoms with Gasteiger partial charge < -0.3 is 15.1 Å². The molecule has 3 unspecified atom stereocenters. The Morgan fingerprint density at radius 1 is 1.38 bits per heavy atom. The number of rotatable bonds is 2. The van der Waals surface area contributed by atoms with Gasteiger partial charge in [0.1, 0.15) is 0 Å². The molecule has 0 bridgehead atoms. The highest BCUT2D eigenvalue weighted by Gasteiger charge is 2.41. The standard InChI is InChI=1S/C10H19NO2/c1-7(12)4-11-5-8-2-3-10(13)9(8)6-11/h7-10,12-13H,2-6H2,1H3/t7-,8?,9?,10?/m1/s1. The number of β-amino-alcohol motifs (C(OH)–C–C–N with tert-alkyl or cyclic N) is 1. The molecule has 2 aliphatic rings. The molecule has 1 aliphatic carbocycles. The van der Waals surface area contributed by atoms with Gasteiger partial charge in [0.05, 0.1) is 12.2 Å². The number of hydrogen-bond donors (Lipinski definition) is 2. The van der Waals surface area contributed by atoms with E-state index in [2.05, 4.69) is 4.90 Å². The number of aliphatic hydroxyl groups excluding tert-OH is 2. The average Bonchev–Trinajstić information content (AvgIpc) is 2.53. The summed E-state index contributed by atoms with van der Waals surface area (Å²) in [5.41, 5.74) is 0. The predicted octanol–water partition coefficient (Wildman–Crippen LogP) is 0.0699. The summed E-state index contributed by atoms with van der Waals surface area (Å²) in [5, 5.41) is 18.9. The van der Waals surface area contributed by atoms with Gasteiger partial charge >= 0.3 is 0 Å². The molecule has 0 aromatic heterocycles. The van der Waals surface area contributed by atoms with E-state index in [0.29, 0.717) is 11.8 Å². The van der Waals surface area contributed by atoms with Gasteiger partial charge in [-0.1, -0.05) is 0 Å². The molecule has 2 rings (SSSR count). The van der Waals surface area contributed by atoms with Gasteiger partial charge in [0, 0.05) is 25.6 Å². The van der Waals surface area contributed by atoms with E-state index < -0.39 is 0 Å². The normalized spacial score (nSPS) is 42.2. The average molecular weight is 185 g/mol. The first kappa shape index (κ1) is 9.44. The lowest BCUT2D eigenvalue weighted by atomic mass is 10.00. The molecule has 1 heterocycles. The van der Waals surface area contributed by atoms with Gasteiger partial charge in [0.25, 0.3) is 0 Å². The maximum Gasteiger partial charge on any atom is 0.0639 e. The van der Waals surface area contributed by atoms with Crippen molar-refractivity contribution in [2.45, 2.75) is 32.0 Å². The van der Waals surface area contributed by atoms with Crippen LogP contribution >= 0.6 is 0 Å². The first-order valence-electron chi connectivity index (χ1n) is 5.25. The van der Waals surface area contributed by atoms with Crippen molar-refractivity contribution >= 4 is 0 Å². The summed E-state index contributed by atoms with van der Waals surface area (Å²) in [4.78, 5) is 2.28. The van der Waals surface area contributed by atoms with Gasteiger partial charge in [0.2, 0.25) is 0 Å². The van der Waals surface area contributed by atoms with E-state index >= 15 is 0 Å². The zero-order valence-electron chi connectivity index (χ0n) is 8.19. The summed E-state index contributed by atoms with van der Waals surface area (Å²) in [6, 6.07) is 0. The van der Waals surface area contributed by atoms with Crippen LogP contribution in [0.15, 0.2) is 0 Å². The van der Waals surface area contributed by atoms with Crippen LogP contribution in [0.4, 0.5) is 0 Å². The molecule has 76 valence electrons. The first-order chi connectivity index (χ1) is 6.16. The Morgan fingerprint density at radius 2 is 2.15 bits per heavy atom. The molecule has 2 fully saturated rings. The fourth-order valence-corrected chi connectivity index (χ4v) is 2.85. The highest BCUT2D eigenvalue weighted by Crippen LogP contribution is 2.37. The number of nitrogens with zero attached hydrogens (tertiary/aromatic N) is 1. The van der Waals surface area contributed by atoms with Gasteiger partial charge in [-0.15, -0.1) is 0 Å². The third kappa shape index (κ3) is 1.87. The van der Waals surface area contributed by atoms with Crippen LogP contribution in [0, 0.1) is 11.8 Å². The zero-order valence-corrected chi connectivity index (χ0v) is 8.19. The summed E-state index contributed by atoms with van der Waals surface area (Å²) < 4.78 is 0. The van der Waals surface area contributed by atoms with Gasteiger partial charge in [0.15, 0.2) is 0 Å². The third-order valence-electron chi connectivity index (χ3n) is 3.42. The zero-order chi connectivity index (χ0) is 9.42. The Kier molecular flexibility index (Phi) is 2.58. The SMILES string of the molecule is C[C@@H](O)CN1CC2CCC(O)C2C1. The van der Waals surface area contributed by atoms with Gasteiger partial charge in [-0.2, -0.15) is 0 Å². The highest BCUT2D eigenvalue weighted by molar-refractivity contribution is 4.93. The summed E-state index contributed by atoms with van der Waals surface area (Å²) in [7, 11) is 0. The number of aliphatic hydroxyl groups is 2. The van der Waals surface area contributed by atoms with Crippen molar-refractivity contribution in [1.82, 2.24) is 4.90 Å². The predicted molar refractivity (Wildman–Crippen MR) is 50.3 cm³/mol. The minimum absolute atomic E-state index is 0.0796. The van der Waals surface area contributed by atoms with Crippen LogP contribution in [0.25, 0.3) is 0 Å². The van der Waals surface area contributed by atoms with Crippen molar-refractivity contribution in [1.29, 1.82) is 0 Å². The lowest BCUT2D eigenvalue weighted by Crippen LogP contribution is -2.31. The summed E-state index contributed by atoms with van der Waals surface area (Å²) in [6.45, 7) is 4.65. The van der Waals surface area contributed by atoms with E-state index in [0.717, 1.165) is 26.1 Å². The molecule has 1 saturated carbocycles. The van der Waals surface area contributed by atoms with Crippen molar-refractivity contribution in [2.24, 2.45) is 11.8 Å². The van der Waals surface area contributed by atoms with Crippen molar-refractivity contribution in [3.63, 3.8) is 0 Å². The van der Waals surface area contributed by atoms with Crippen molar-refractivity contribution in [2.75, 3.05) is 19.6 Å². The molecule has 4 atom stereocenters. The molecular formula is C10H19NO2. The molecule has 13 heavy (non-hydrogen) atoms. The topological polar surface area (TPSA) is 43.7 Å². The van der Waals surface area contributed by atoms with Crippen LogP contribution in [0.3, 0.4) is 0 Å². The first-order valence-corrected chi connectivity index (χ1v) is 5.25. The van der Waals surface area contributed by atoms with Crippen LogP contribution < -0.4 is 0 Å². The molecule has 2 N–H and O–H groups in total. The second kappa shape index (κ2) is 3.56. The van der Waals surface area contributed by atoms with Gasteiger partial charge in [-0.25, -0.2) is 0 Å². The van der Waals surface area contributed by atoms with Crippen LogP contribution in [-0.2, 0) is 0 Å². The molecular weight excluding hydrogens is 166 g/mol. The Bertz CT molecular complexity index is 184. The maximum atomic E-state index is 9.66. The van der Waals surface area contributed by atoms with Crippen molar-refractivity contribution in [3.8, 4) is 0 Å². The van der Waals surface area contributed by atoms with E-state index in [1.54, 1.807) is 0 Å². The Labute approximate surface area is 79.4 Å². The number of fused-ring (bicyclic) bond motifs is 1. The van der Waals surface area contributed by atoms with Crippen LogP contribution in [-0.4, -0.2) is 47.0 Å². The fourth-order valence-electron chi connectivity index (χ4n) is 2.85. The van der Waals surface area contributed by atoms with Crippen molar-refractivity contribution in [3.05, 3.63) is 0 Å². The molecule has 0 amide bonds. The van der Waals surface area contributed by atoms with Crippen molar-refractivity contribution < 1.29 is 10.2 Å². The van der Waals surface area contributed by atoms with E-state index in [1.165, 1.54) is 6.42 Å². The Morgan fingerprint density at radius 3 is 2.77 bits per heavy atom. The Hall–Kier alpha value is -0.120. The molecule has 3 heteroatoms.